The summed E-state index contributed by atoms with van der Waals surface area (Å²) < 4.78 is 10.2. The molecule has 5 heteroatoms. The Morgan fingerprint density at radius 1 is 1.15 bits per heavy atom. The smallest absolute Gasteiger partial charge is 0.323 e. The molecule has 0 aliphatic heterocycles. The van der Waals surface area contributed by atoms with E-state index in [0.29, 0.717) is 6.42 Å². The van der Waals surface area contributed by atoms with Crippen LogP contribution in [-0.2, 0) is 23.9 Å². The molecule has 5 nitrogen and oxygen atoms in total. The van der Waals surface area contributed by atoms with Crippen LogP contribution < -0.4 is 0 Å². The highest BCUT2D eigenvalue weighted by Crippen LogP contribution is 2.58. The zero-order valence-electron chi connectivity index (χ0n) is 12.2. The molecule has 0 aromatic rings. The summed E-state index contributed by atoms with van der Waals surface area (Å²) in [5.74, 6) is -1.02. The average molecular weight is 280 g/mol. The predicted octanol–water partition coefficient (Wildman–Crippen LogP) is 1.80. The normalized spacial score (nSPS) is 26.9. The van der Waals surface area contributed by atoms with Gasteiger partial charge in [-0.05, 0) is 38.2 Å². The molecule has 1 saturated carbocycles. The minimum absolute atomic E-state index is 0.0591. The molecule has 1 fully saturated rings. The zero-order chi connectivity index (χ0) is 15.0. The van der Waals surface area contributed by atoms with Crippen LogP contribution in [0, 0.1) is 10.8 Å². The molecule has 2 rings (SSSR count). The fourth-order valence-corrected chi connectivity index (χ4v) is 3.32. The average Bonchev–Trinajstić information content (AvgIpc) is 2.78. The van der Waals surface area contributed by atoms with Crippen molar-refractivity contribution < 1.29 is 23.9 Å². The molecular formula is C15H20O5. The van der Waals surface area contributed by atoms with Gasteiger partial charge in [0.05, 0.1) is 13.2 Å². The van der Waals surface area contributed by atoms with Gasteiger partial charge in [-0.2, -0.15) is 0 Å². The van der Waals surface area contributed by atoms with Crippen LogP contribution in [0.15, 0.2) is 11.6 Å². The molecule has 0 saturated heterocycles. The lowest BCUT2D eigenvalue weighted by Crippen LogP contribution is -2.41. The third-order valence-electron chi connectivity index (χ3n) is 4.19. The molecule has 0 spiro atoms. The molecule has 0 radical (unpaired) electrons. The zero-order valence-corrected chi connectivity index (χ0v) is 12.2. The second-order valence-corrected chi connectivity index (χ2v) is 5.75. The first-order chi connectivity index (χ1) is 9.38. The van der Waals surface area contributed by atoms with Gasteiger partial charge in [-0.15, -0.1) is 0 Å². The lowest BCUT2D eigenvalue weighted by atomic mass is 9.79. The Kier molecular flexibility index (Phi) is 3.71. The second-order valence-electron chi connectivity index (χ2n) is 5.75. The van der Waals surface area contributed by atoms with Crippen LogP contribution in [0.2, 0.25) is 0 Å². The monoisotopic (exact) mass is 280 g/mol. The van der Waals surface area contributed by atoms with Crippen molar-refractivity contribution >= 4 is 17.7 Å². The molecule has 0 heterocycles. The molecule has 0 aromatic heterocycles. The standard InChI is InChI=1S/C15H20O5/c1-4-19-12(17)15(13(18)20-5-2)7-10-6-11(16)8-14(10,3)9-15/h6H,4-5,7-9H2,1-3H3. The largest absolute Gasteiger partial charge is 0.465 e. The summed E-state index contributed by atoms with van der Waals surface area (Å²) in [6.07, 6.45) is 2.44. The molecule has 2 aliphatic carbocycles. The van der Waals surface area contributed by atoms with E-state index < -0.39 is 22.8 Å². The Labute approximate surface area is 118 Å². The molecule has 20 heavy (non-hydrogen) atoms. The van der Waals surface area contributed by atoms with Crippen LogP contribution in [0.4, 0.5) is 0 Å². The van der Waals surface area contributed by atoms with Crippen molar-refractivity contribution in [3.05, 3.63) is 11.6 Å². The molecular weight excluding hydrogens is 260 g/mol. The third-order valence-corrected chi connectivity index (χ3v) is 4.19. The Morgan fingerprint density at radius 3 is 2.15 bits per heavy atom. The number of fused-ring (bicyclic) bond motifs is 1. The fourth-order valence-electron chi connectivity index (χ4n) is 3.32. The first-order valence-electron chi connectivity index (χ1n) is 6.96. The number of rotatable bonds is 4. The molecule has 0 aromatic carbocycles. The molecule has 0 amide bonds. The van der Waals surface area contributed by atoms with Gasteiger partial charge in [0.15, 0.2) is 11.2 Å². The molecule has 0 bridgehead atoms. The summed E-state index contributed by atoms with van der Waals surface area (Å²) in [7, 11) is 0. The number of ketones is 1. The summed E-state index contributed by atoms with van der Waals surface area (Å²) in [6, 6.07) is 0. The van der Waals surface area contributed by atoms with Gasteiger partial charge >= 0.3 is 11.9 Å². The minimum Gasteiger partial charge on any atom is -0.465 e. The Morgan fingerprint density at radius 2 is 1.70 bits per heavy atom. The predicted molar refractivity (Wildman–Crippen MR) is 70.7 cm³/mol. The van der Waals surface area contributed by atoms with Crippen LogP contribution >= 0.6 is 0 Å². The van der Waals surface area contributed by atoms with Gasteiger partial charge in [-0.1, -0.05) is 12.5 Å². The van der Waals surface area contributed by atoms with E-state index in [1.165, 1.54) is 0 Å². The molecule has 2 aliphatic rings. The van der Waals surface area contributed by atoms with Gasteiger partial charge in [-0.3, -0.25) is 14.4 Å². The SMILES string of the molecule is CCOC(=O)C1(C(=O)OCC)CC2=CC(=O)CC2(C)C1. The van der Waals surface area contributed by atoms with E-state index in [2.05, 4.69) is 0 Å². The summed E-state index contributed by atoms with van der Waals surface area (Å²) in [5, 5.41) is 0. The number of hydrogen-bond donors (Lipinski definition) is 0. The van der Waals surface area contributed by atoms with E-state index >= 15 is 0 Å². The Balaban J connectivity index is 2.36. The Bertz CT molecular complexity index is 472. The number of esters is 2. The van der Waals surface area contributed by atoms with E-state index in [9.17, 15) is 14.4 Å². The van der Waals surface area contributed by atoms with Crippen molar-refractivity contribution in [3.63, 3.8) is 0 Å². The number of allylic oxidation sites excluding steroid dienone is 2. The van der Waals surface area contributed by atoms with Gasteiger partial charge < -0.3 is 9.47 Å². The van der Waals surface area contributed by atoms with Crippen molar-refractivity contribution in [2.45, 2.75) is 40.0 Å². The van der Waals surface area contributed by atoms with Gasteiger partial charge in [-0.25, -0.2) is 0 Å². The van der Waals surface area contributed by atoms with Gasteiger partial charge in [0.2, 0.25) is 0 Å². The third kappa shape index (κ3) is 2.15. The van der Waals surface area contributed by atoms with E-state index in [1.807, 2.05) is 6.92 Å². The highest BCUT2D eigenvalue weighted by molar-refractivity contribution is 6.03. The number of carbonyl (C=O) groups excluding carboxylic acids is 3. The van der Waals surface area contributed by atoms with Crippen LogP contribution in [-0.4, -0.2) is 30.9 Å². The maximum Gasteiger partial charge on any atom is 0.323 e. The summed E-state index contributed by atoms with van der Waals surface area (Å²) in [4.78, 5) is 36.2. The molecule has 0 N–H and O–H groups in total. The van der Waals surface area contributed by atoms with Crippen molar-refractivity contribution in [1.29, 1.82) is 0 Å². The molecule has 1 atom stereocenters. The summed E-state index contributed by atoms with van der Waals surface area (Å²) in [5.41, 5.74) is -0.840. The first-order valence-corrected chi connectivity index (χ1v) is 6.96. The van der Waals surface area contributed by atoms with Gasteiger partial charge in [0.25, 0.3) is 0 Å². The van der Waals surface area contributed by atoms with Crippen LogP contribution in [0.25, 0.3) is 0 Å². The van der Waals surface area contributed by atoms with Crippen LogP contribution in [0.5, 0.6) is 0 Å². The van der Waals surface area contributed by atoms with Gasteiger partial charge in [0, 0.05) is 6.42 Å². The molecule has 110 valence electrons. The minimum atomic E-state index is -1.28. The lowest BCUT2D eigenvalue weighted by molar-refractivity contribution is -0.172. The number of hydrogen-bond acceptors (Lipinski definition) is 5. The van der Waals surface area contributed by atoms with Crippen LogP contribution in [0.3, 0.4) is 0 Å². The highest BCUT2D eigenvalue weighted by Gasteiger charge is 2.61. The van der Waals surface area contributed by atoms with Gasteiger partial charge in [0.1, 0.15) is 0 Å². The van der Waals surface area contributed by atoms with Crippen molar-refractivity contribution in [1.82, 2.24) is 0 Å². The van der Waals surface area contributed by atoms with E-state index in [-0.39, 0.29) is 31.8 Å². The molecule has 1 unspecified atom stereocenters. The van der Waals surface area contributed by atoms with E-state index in [1.54, 1.807) is 19.9 Å². The van der Waals surface area contributed by atoms with Crippen molar-refractivity contribution in [2.75, 3.05) is 13.2 Å². The maximum absolute atomic E-state index is 12.3. The van der Waals surface area contributed by atoms with Crippen molar-refractivity contribution in [2.24, 2.45) is 10.8 Å². The highest BCUT2D eigenvalue weighted by atomic mass is 16.6. The van der Waals surface area contributed by atoms with Crippen molar-refractivity contribution in [3.8, 4) is 0 Å². The number of ether oxygens (including phenoxy) is 2. The topological polar surface area (TPSA) is 69.7 Å². The lowest BCUT2D eigenvalue weighted by Gasteiger charge is -2.26. The Hall–Kier alpha value is -1.65. The second kappa shape index (κ2) is 5.04. The quantitative estimate of drug-likeness (QED) is 0.580. The van der Waals surface area contributed by atoms with E-state index in [0.717, 1.165) is 5.57 Å². The van der Waals surface area contributed by atoms with E-state index in [4.69, 9.17) is 9.47 Å². The fraction of sp³-hybridized carbons (Fsp3) is 0.667. The summed E-state index contributed by atoms with van der Waals surface area (Å²) in [6.45, 7) is 5.77. The maximum atomic E-state index is 12.3. The van der Waals surface area contributed by atoms with Crippen LogP contribution in [0.1, 0.15) is 40.0 Å². The first kappa shape index (κ1) is 14.8. The number of carbonyl (C=O) groups is 3. The summed E-state index contributed by atoms with van der Waals surface area (Å²) >= 11 is 0.